The molecule has 110 valence electrons. The van der Waals surface area contributed by atoms with Gasteiger partial charge in [0.15, 0.2) is 0 Å². The van der Waals surface area contributed by atoms with Crippen molar-refractivity contribution in [2.45, 2.75) is 32.7 Å². The number of carbonyl (C=O) groups is 1. The van der Waals surface area contributed by atoms with E-state index >= 15 is 0 Å². The minimum Gasteiger partial charge on any atom is -0.314 e. The number of nitrogens with one attached hydrogen (secondary N) is 1. The van der Waals surface area contributed by atoms with Crippen LogP contribution in [0.3, 0.4) is 0 Å². The molecule has 0 bridgehead atoms. The van der Waals surface area contributed by atoms with Crippen molar-refractivity contribution in [2.75, 3.05) is 18.0 Å². The zero-order chi connectivity index (χ0) is 14.8. The van der Waals surface area contributed by atoms with Crippen molar-refractivity contribution < 1.29 is 4.79 Å². The Hall–Kier alpha value is -1.87. The topological polar surface area (TPSA) is 32.3 Å². The predicted octanol–water partition coefficient (Wildman–Crippen LogP) is 3.58. The molecule has 0 spiro atoms. The van der Waals surface area contributed by atoms with Crippen LogP contribution in [-0.2, 0) is 0 Å². The first kappa shape index (κ1) is 14.1. The molecule has 1 N–H and O–H groups in total. The lowest BCUT2D eigenvalue weighted by molar-refractivity contribution is 0.0992. The fourth-order valence-electron chi connectivity index (χ4n) is 3.02. The van der Waals surface area contributed by atoms with Crippen LogP contribution in [0.4, 0.5) is 5.69 Å². The molecule has 1 atom stereocenters. The van der Waals surface area contributed by atoms with Gasteiger partial charge in [0.25, 0.3) is 5.91 Å². The normalized spacial score (nSPS) is 15.0. The molecule has 0 saturated carbocycles. The highest BCUT2D eigenvalue weighted by atomic mass is 16.2. The number of rotatable bonds is 6. The maximum Gasteiger partial charge on any atom is 0.258 e. The van der Waals surface area contributed by atoms with Gasteiger partial charge in [-0.15, -0.1) is 0 Å². The van der Waals surface area contributed by atoms with E-state index in [1.54, 1.807) is 0 Å². The number of hydrogen-bond acceptors (Lipinski definition) is 2. The highest BCUT2D eigenvalue weighted by Gasteiger charge is 2.29. The van der Waals surface area contributed by atoms with Crippen molar-refractivity contribution in [2.24, 2.45) is 0 Å². The average molecular weight is 282 g/mol. The summed E-state index contributed by atoms with van der Waals surface area (Å²) in [5, 5.41) is 5.74. The zero-order valence-electron chi connectivity index (χ0n) is 12.7. The Morgan fingerprint density at radius 2 is 1.95 bits per heavy atom. The van der Waals surface area contributed by atoms with Crippen molar-refractivity contribution in [1.29, 1.82) is 0 Å². The van der Waals surface area contributed by atoms with Gasteiger partial charge in [0.05, 0.1) is 5.69 Å². The van der Waals surface area contributed by atoms with E-state index in [9.17, 15) is 4.79 Å². The molecule has 1 heterocycles. The molecule has 1 unspecified atom stereocenters. The van der Waals surface area contributed by atoms with Crippen molar-refractivity contribution in [1.82, 2.24) is 5.32 Å². The van der Waals surface area contributed by atoms with Gasteiger partial charge in [-0.1, -0.05) is 31.2 Å². The SMILES string of the molecule is CCCNC(C)CCN1C(=O)c2cccc3cccc1c23. The Kier molecular flexibility index (Phi) is 3.93. The summed E-state index contributed by atoms with van der Waals surface area (Å²) in [6, 6.07) is 12.6. The third kappa shape index (κ3) is 2.54. The van der Waals surface area contributed by atoms with E-state index in [2.05, 4.69) is 37.4 Å². The Labute approximate surface area is 125 Å². The molecule has 0 aromatic heterocycles. The molecule has 2 aromatic carbocycles. The molecule has 1 aliphatic heterocycles. The molecule has 3 heteroatoms. The van der Waals surface area contributed by atoms with Gasteiger partial charge < -0.3 is 10.2 Å². The van der Waals surface area contributed by atoms with Crippen LogP contribution >= 0.6 is 0 Å². The van der Waals surface area contributed by atoms with E-state index in [0.29, 0.717) is 6.04 Å². The highest BCUT2D eigenvalue weighted by Crippen LogP contribution is 2.37. The molecule has 3 rings (SSSR count). The number of amides is 1. The fourth-order valence-corrected chi connectivity index (χ4v) is 3.02. The van der Waals surface area contributed by atoms with Crippen LogP contribution in [0.25, 0.3) is 10.8 Å². The second-order valence-electron chi connectivity index (χ2n) is 5.78. The van der Waals surface area contributed by atoms with Gasteiger partial charge in [-0.2, -0.15) is 0 Å². The van der Waals surface area contributed by atoms with Gasteiger partial charge in [0, 0.05) is 23.5 Å². The van der Waals surface area contributed by atoms with Gasteiger partial charge >= 0.3 is 0 Å². The summed E-state index contributed by atoms with van der Waals surface area (Å²) in [6.07, 6.45) is 2.11. The first-order chi connectivity index (χ1) is 10.2. The van der Waals surface area contributed by atoms with E-state index in [0.717, 1.165) is 48.0 Å². The zero-order valence-corrected chi connectivity index (χ0v) is 12.7. The summed E-state index contributed by atoms with van der Waals surface area (Å²) < 4.78 is 0. The van der Waals surface area contributed by atoms with Crippen LogP contribution in [0.15, 0.2) is 36.4 Å². The molecule has 21 heavy (non-hydrogen) atoms. The Bertz CT molecular complexity index is 660. The second-order valence-corrected chi connectivity index (χ2v) is 5.78. The summed E-state index contributed by atoms with van der Waals surface area (Å²) in [6.45, 7) is 6.15. The fraction of sp³-hybridized carbons (Fsp3) is 0.389. The van der Waals surface area contributed by atoms with Gasteiger partial charge in [-0.05, 0) is 43.8 Å². The summed E-state index contributed by atoms with van der Waals surface area (Å²) >= 11 is 0. The quantitative estimate of drug-likeness (QED) is 0.878. The summed E-state index contributed by atoms with van der Waals surface area (Å²) in [7, 11) is 0. The van der Waals surface area contributed by atoms with Crippen LogP contribution in [-0.4, -0.2) is 25.0 Å². The standard InChI is InChI=1S/C18H22N2O/c1-3-11-19-13(2)10-12-20-16-9-5-7-14-6-4-8-15(17(14)16)18(20)21/h4-9,13,19H,3,10-12H2,1-2H3. The molecule has 2 aromatic rings. The number of nitrogens with zero attached hydrogens (tertiary/aromatic N) is 1. The summed E-state index contributed by atoms with van der Waals surface area (Å²) in [5.41, 5.74) is 1.91. The maximum atomic E-state index is 12.6. The van der Waals surface area contributed by atoms with Crippen LogP contribution in [0, 0.1) is 0 Å². The summed E-state index contributed by atoms with van der Waals surface area (Å²) in [5.74, 6) is 0.143. The molecule has 0 saturated heterocycles. The Balaban J connectivity index is 1.80. The molecule has 3 nitrogen and oxygen atoms in total. The predicted molar refractivity (Wildman–Crippen MR) is 88.0 cm³/mol. The maximum absolute atomic E-state index is 12.6. The van der Waals surface area contributed by atoms with E-state index in [4.69, 9.17) is 0 Å². The van der Waals surface area contributed by atoms with Gasteiger partial charge in [-0.3, -0.25) is 4.79 Å². The number of carbonyl (C=O) groups excluding carboxylic acids is 1. The van der Waals surface area contributed by atoms with Crippen molar-refractivity contribution in [3.05, 3.63) is 42.0 Å². The molecular formula is C18H22N2O. The highest BCUT2D eigenvalue weighted by molar-refractivity contribution is 6.24. The molecule has 0 aliphatic carbocycles. The first-order valence-corrected chi connectivity index (χ1v) is 7.79. The lowest BCUT2D eigenvalue weighted by atomic mass is 10.1. The van der Waals surface area contributed by atoms with Crippen LogP contribution in [0.5, 0.6) is 0 Å². The third-order valence-corrected chi connectivity index (χ3v) is 4.18. The van der Waals surface area contributed by atoms with Crippen LogP contribution < -0.4 is 10.2 Å². The van der Waals surface area contributed by atoms with E-state index in [-0.39, 0.29) is 5.91 Å². The van der Waals surface area contributed by atoms with Crippen LogP contribution in [0.1, 0.15) is 37.0 Å². The minimum atomic E-state index is 0.143. The minimum absolute atomic E-state index is 0.143. The lowest BCUT2D eigenvalue weighted by Crippen LogP contribution is -2.34. The number of hydrogen-bond donors (Lipinski definition) is 1. The number of benzene rings is 2. The van der Waals surface area contributed by atoms with Crippen molar-refractivity contribution in [3.8, 4) is 0 Å². The molecule has 1 aliphatic rings. The summed E-state index contributed by atoms with van der Waals surface area (Å²) in [4.78, 5) is 14.5. The van der Waals surface area contributed by atoms with Gasteiger partial charge in [0.2, 0.25) is 0 Å². The number of anilines is 1. The smallest absolute Gasteiger partial charge is 0.258 e. The van der Waals surface area contributed by atoms with Gasteiger partial charge in [-0.25, -0.2) is 0 Å². The molecule has 0 radical (unpaired) electrons. The molecule has 0 fully saturated rings. The second kappa shape index (κ2) is 5.86. The molecule has 1 amide bonds. The Morgan fingerprint density at radius 1 is 1.19 bits per heavy atom. The Morgan fingerprint density at radius 3 is 2.71 bits per heavy atom. The largest absolute Gasteiger partial charge is 0.314 e. The van der Waals surface area contributed by atoms with Crippen LogP contribution in [0.2, 0.25) is 0 Å². The monoisotopic (exact) mass is 282 g/mol. The molecular weight excluding hydrogens is 260 g/mol. The van der Waals surface area contributed by atoms with Gasteiger partial charge in [0.1, 0.15) is 0 Å². The lowest BCUT2D eigenvalue weighted by Gasteiger charge is -2.20. The first-order valence-electron chi connectivity index (χ1n) is 7.79. The van der Waals surface area contributed by atoms with Crippen molar-refractivity contribution in [3.63, 3.8) is 0 Å². The van der Waals surface area contributed by atoms with E-state index < -0.39 is 0 Å². The average Bonchev–Trinajstić information content (AvgIpc) is 2.78. The van der Waals surface area contributed by atoms with E-state index in [1.807, 2.05) is 23.1 Å². The van der Waals surface area contributed by atoms with Crippen molar-refractivity contribution >= 4 is 22.4 Å². The van der Waals surface area contributed by atoms with E-state index in [1.165, 1.54) is 0 Å². The third-order valence-electron chi connectivity index (χ3n) is 4.18.